The van der Waals surface area contributed by atoms with Gasteiger partial charge in [0.2, 0.25) is 10.0 Å². The van der Waals surface area contributed by atoms with Crippen LogP contribution in [0.15, 0.2) is 35.0 Å². The lowest BCUT2D eigenvalue weighted by molar-refractivity contribution is 0.0926. The van der Waals surface area contributed by atoms with Gasteiger partial charge >= 0.3 is 0 Å². The van der Waals surface area contributed by atoms with Crippen LogP contribution in [-0.4, -0.2) is 53.8 Å². The zero-order valence-electron chi connectivity index (χ0n) is 13.2. The molecule has 1 aliphatic rings. The van der Waals surface area contributed by atoms with Crippen LogP contribution in [-0.2, 0) is 16.6 Å². The zero-order chi connectivity index (χ0) is 17.0. The molecule has 0 bridgehead atoms. The molecule has 0 unspecified atom stereocenters. The van der Waals surface area contributed by atoms with Crippen molar-refractivity contribution in [1.29, 1.82) is 0 Å². The van der Waals surface area contributed by atoms with Crippen molar-refractivity contribution in [2.24, 2.45) is 0 Å². The number of aromatic nitrogens is 2. The number of nitrogens with one attached hydrogen (secondary N) is 1. The SMILES string of the molecule is O=C(NCCS(=O)(=O)N1CCCC1)c1ccc(Cn2cccn2)o1. The van der Waals surface area contributed by atoms with Crippen LogP contribution >= 0.6 is 0 Å². The van der Waals surface area contributed by atoms with Gasteiger partial charge in [-0.05, 0) is 31.0 Å². The average molecular weight is 352 g/mol. The standard InChI is InChI=1S/C15H20N4O4S/c20-15(16-7-11-24(21,22)19-9-1-2-10-19)14-5-4-13(23-14)12-18-8-3-6-17-18/h3-6,8H,1-2,7,9-12H2,(H,16,20). The van der Waals surface area contributed by atoms with Crippen molar-refractivity contribution >= 4 is 15.9 Å². The summed E-state index contributed by atoms with van der Waals surface area (Å²) < 4.78 is 32.8. The second-order valence-electron chi connectivity index (χ2n) is 5.65. The Labute approximate surface area is 140 Å². The molecule has 9 heteroatoms. The first kappa shape index (κ1) is 16.7. The Hall–Kier alpha value is -2.13. The number of nitrogens with zero attached hydrogens (tertiary/aromatic N) is 3. The summed E-state index contributed by atoms with van der Waals surface area (Å²) in [5.41, 5.74) is 0. The van der Waals surface area contributed by atoms with Crippen molar-refractivity contribution in [2.45, 2.75) is 19.4 Å². The molecule has 1 aliphatic heterocycles. The van der Waals surface area contributed by atoms with Gasteiger partial charge in [0.1, 0.15) is 5.76 Å². The van der Waals surface area contributed by atoms with Crippen molar-refractivity contribution in [3.05, 3.63) is 42.1 Å². The molecule has 1 amide bonds. The maximum absolute atomic E-state index is 12.1. The summed E-state index contributed by atoms with van der Waals surface area (Å²) >= 11 is 0. The number of carbonyl (C=O) groups excluding carboxylic acids is 1. The number of carbonyl (C=O) groups is 1. The van der Waals surface area contributed by atoms with Crippen molar-refractivity contribution < 1.29 is 17.6 Å². The Bertz CT molecular complexity index is 776. The lowest BCUT2D eigenvalue weighted by atomic mass is 10.4. The van der Waals surface area contributed by atoms with Crippen molar-refractivity contribution in [2.75, 3.05) is 25.4 Å². The average Bonchev–Trinajstić information content (AvgIpc) is 3.30. The Morgan fingerprint density at radius 3 is 2.79 bits per heavy atom. The van der Waals surface area contributed by atoms with E-state index < -0.39 is 15.9 Å². The number of furan rings is 1. The van der Waals surface area contributed by atoms with Crippen LogP contribution < -0.4 is 5.32 Å². The molecule has 24 heavy (non-hydrogen) atoms. The van der Waals surface area contributed by atoms with Gasteiger partial charge in [-0.1, -0.05) is 0 Å². The molecule has 130 valence electrons. The first-order valence-electron chi connectivity index (χ1n) is 7.87. The molecule has 0 aromatic carbocycles. The number of hydrogen-bond acceptors (Lipinski definition) is 5. The number of rotatable bonds is 7. The third-order valence-corrected chi connectivity index (χ3v) is 5.74. The third-order valence-electron chi connectivity index (χ3n) is 3.87. The van der Waals surface area contributed by atoms with Gasteiger partial charge in [0.05, 0.1) is 12.3 Å². The Balaban J connectivity index is 1.49. The molecule has 1 fully saturated rings. The lowest BCUT2D eigenvalue weighted by Crippen LogP contribution is -2.36. The highest BCUT2D eigenvalue weighted by molar-refractivity contribution is 7.89. The Morgan fingerprint density at radius 2 is 2.08 bits per heavy atom. The van der Waals surface area contributed by atoms with Crippen LogP contribution in [0, 0.1) is 0 Å². The quantitative estimate of drug-likeness (QED) is 0.790. The van der Waals surface area contributed by atoms with E-state index in [4.69, 9.17) is 4.42 Å². The van der Waals surface area contributed by atoms with Gasteiger partial charge in [-0.15, -0.1) is 0 Å². The normalized spacial score (nSPS) is 15.7. The van der Waals surface area contributed by atoms with E-state index in [1.54, 1.807) is 35.3 Å². The highest BCUT2D eigenvalue weighted by atomic mass is 32.2. The summed E-state index contributed by atoms with van der Waals surface area (Å²) in [6.07, 6.45) is 5.26. The summed E-state index contributed by atoms with van der Waals surface area (Å²) in [5.74, 6) is 0.252. The molecule has 0 spiro atoms. The smallest absolute Gasteiger partial charge is 0.287 e. The van der Waals surface area contributed by atoms with Crippen molar-refractivity contribution in [3.63, 3.8) is 0 Å². The van der Waals surface area contributed by atoms with Gasteiger partial charge < -0.3 is 9.73 Å². The second kappa shape index (κ2) is 7.18. The van der Waals surface area contributed by atoms with E-state index in [0.717, 1.165) is 12.8 Å². The van der Waals surface area contributed by atoms with Crippen LogP contribution in [0.3, 0.4) is 0 Å². The lowest BCUT2D eigenvalue weighted by Gasteiger charge is -2.15. The van der Waals surface area contributed by atoms with Crippen LogP contribution in [0.5, 0.6) is 0 Å². The topological polar surface area (TPSA) is 97.4 Å². The minimum Gasteiger partial charge on any atom is -0.454 e. The molecule has 3 rings (SSSR count). The molecule has 2 aromatic heterocycles. The van der Waals surface area contributed by atoms with E-state index >= 15 is 0 Å². The predicted octanol–water partition coefficient (Wildman–Crippen LogP) is 0.680. The summed E-state index contributed by atoms with van der Waals surface area (Å²) in [7, 11) is -3.29. The molecule has 2 aromatic rings. The molecule has 0 saturated carbocycles. The second-order valence-corrected chi connectivity index (χ2v) is 7.74. The monoisotopic (exact) mass is 352 g/mol. The molecule has 0 atom stereocenters. The summed E-state index contributed by atoms with van der Waals surface area (Å²) in [4.78, 5) is 12.0. The molecule has 8 nitrogen and oxygen atoms in total. The fourth-order valence-corrected chi connectivity index (χ4v) is 4.05. The molecule has 1 saturated heterocycles. The summed E-state index contributed by atoms with van der Waals surface area (Å²) in [6.45, 7) is 1.65. The van der Waals surface area contributed by atoms with Gasteiger partial charge in [-0.2, -0.15) is 5.10 Å². The highest BCUT2D eigenvalue weighted by Gasteiger charge is 2.25. The maximum atomic E-state index is 12.1. The molecular formula is C15H20N4O4S. The largest absolute Gasteiger partial charge is 0.454 e. The Morgan fingerprint density at radius 1 is 1.29 bits per heavy atom. The molecule has 0 aliphatic carbocycles. The molecule has 3 heterocycles. The fraction of sp³-hybridized carbons (Fsp3) is 0.467. The van der Waals surface area contributed by atoms with Crippen LogP contribution in [0.2, 0.25) is 0 Å². The summed E-state index contributed by atoms with van der Waals surface area (Å²) in [6, 6.07) is 5.08. The van der Waals surface area contributed by atoms with Crippen LogP contribution in [0.1, 0.15) is 29.2 Å². The number of sulfonamides is 1. The van der Waals surface area contributed by atoms with Gasteiger partial charge in [0.25, 0.3) is 5.91 Å². The van der Waals surface area contributed by atoms with E-state index in [2.05, 4.69) is 10.4 Å². The van der Waals surface area contributed by atoms with Crippen LogP contribution in [0.25, 0.3) is 0 Å². The molecular weight excluding hydrogens is 332 g/mol. The van der Waals surface area contributed by atoms with Gasteiger partial charge in [-0.25, -0.2) is 12.7 Å². The van der Waals surface area contributed by atoms with E-state index in [1.165, 1.54) is 4.31 Å². The van der Waals surface area contributed by atoms with E-state index in [9.17, 15) is 13.2 Å². The molecule has 0 radical (unpaired) electrons. The minimum atomic E-state index is -3.29. The van der Waals surface area contributed by atoms with Gasteiger partial charge in [-0.3, -0.25) is 9.48 Å². The zero-order valence-corrected chi connectivity index (χ0v) is 14.0. The molecule has 1 N–H and O–H groups in total. The number of amides is 1. The van der Waals surface area contributed by atoms with E-state index in [0.29, 0.717) is 25.4 Å². The first-order chi connectivity index (χ1) is 11.5. The first-order valence-corrected chi connectivity index (χ1v) is 9.48. The highest BCUT2D eigenvalue weighted by Crippen LogP contribution is 2.13. The van der Waals surface area contributed by atoms with Crippen LogP contribution in [0.4, 0.5) is 0 Å². The fourth-order valence-electron chi connectivity index (χ4n) is 2.61. The van der Waals surface area contributed by atoms with E-state index in [-0.39, 0.29) is 18.1 Å². The maximum Gasteiger partial charge on any atom is 0.287 e. The number of hydrogen-bond donors (Lipinski definition) is 1. The van der Waals surface area contributed by atoms with Gasteiger partial charge in [0.15, 0.2) is 5.76 Å². The Kier molecular flexibility index (Phi) is 5.00. The predicted molar refractivity (Wildman–Crippen MR) is 87.0 cm³/mol. The van der Waals surface area contributed by atoms with E-state index in [1.807, 2.05) is 0 Å². The third kappa shape index (κ3) is 4.04. The van der Waals surface area contributed by atoms with Crippen molar-refractivity contribution in [1.82, 2.24) is 19.4 Å². The van der Waals surface area contributed by atoms with Crippen molar-refractivity contribution in [3.8, 4) is 0 Å². The van der Waals surface area contributed by atoms with Gasteiger partial charge in [0, 0.05) is 32.0 Å². The minimum absolute atomic E-state index is 0.0624. The summed E-state index contributed by atoms with van der Waals surface area (Å²) in [5, 5.41) is 6.65.